The lowest BCUT2D eigenvalue weighted by molar-refractivity contribution is -0.146. The van der Waals surface area contributed by atoms with Gasteiger partial charge in [0, 0.05) is 26.1 Å². The Hall–Kier alpha value is -1.79. The number of hydrogen-bond acceptors (Lipinski definition) is 4. The van der Waals surface area contributed by atoms with Gasteiger partial charge in [0.15, 0.2) is 0 Å². The minimum atomic E-state index is -0.947. The molecular formula is C17H30N2O5. The number of piperidine rings is 1. The Kier molecular flexibility index (Phi) is 7.51. The Morgan fingerprint density at radius 2 is 1.83 bits per heavy atom. The molecule has 1 saturated heterocycles. The first-order valence-corrected chi connectivity index (χ1v) is 8.61. The summed E-state index contributed by atoms with van der Waals surface area (Å²) >= 11 is 0. The smallest absolute Gasteiger partial charge is 0.410 e. The first-order valence-electron chi connectivity index (χ1n) is 8.61. The van der Waals surface area contributed by atoms with Crippen LogP contribution in [0.3, 0.4) is 0 Å². The van der Waals surface area contributed by atoms with E-state index in [9.17, 15) is 19.5 Å². The summed E-state index contributed by atoms with van der Waals surface area (Å²) in [6, 6.07) is 0. The van der Waals surface area contributed by atoms with Crippen molar-refractivity contribution in [1.82, 2.24) is 10.2 Å². The first-order chi connectivity index (χ1) is 11.1. The SMILES string of the molecule is CCCNC(=O)CC(C(=O)O)C1CCN(C(=O)OC(C)(C)C)CC1. The maximum Gasteiger partial charge on any atom is 0.410 e. The number of nitrogens with one attached hydrogen (secondary N) is 1. The standard InChI is InChI=1S/C17H30N2O5/c1-5-8-18-14(20)11-13(15(21)22)12-6-9-19(10-7-12)16(23)24-17(2,3)4/h12-13H,5-11H2,1-4H3,(H,18,20)(H,21,22). The molecule has 0 aliphatic carbocycles. The fourth-order valence-electron chi connectivity index (χ4n) is 2.80. The van der Waals surface area contributed by atoms with Crippen molar-refractivity contribution in [2.75, 3.05) is 19.6 Å². The van der Waals surface area contributed by atoms with Crippen molar-refractivity contribution in [3.8, 4) is 0 Å². The summed E-state index contributed by atoms with van der Waals surface area (Å²) in [7, 11) is 0. The van der Waals surface area contributed by atoms with E-state index in [2.05, 4.69) is 5.32 Å². The second-order valence-electron chi connectivity index (χ2n) is 7.30. The molecular weight excluding hydrogens is 312 g/mol. The summed E-state index contributed by atoms with van der Waals surface area (Å²) in [5, 5.41) is 12.2. The summed E-state index contributed by atoms with van der Waals surface area (Å²) < 4.78 is 5.34. The van der Waals surface area contributed by atoms with Gasteiger partial charge in [-0.1, -0.05) is 6.92 Å². The van der Waals surface area contributed by atoms with Gasteiger partial charge in [0.25, 0.3) is 0 Å². The van der Waals surface area contributed by atoms with Gasteiger partial charge in [-0.3, -0.25) is 9.59 Å². The topological polar surface area (TPSA) is 95.9 Å². The molecule has 0 spiro atoms. The summed E-state index contributed by atoms with van der Waals surface area (Å²) in [6.45, 7) is 8.86. The molecule has 0 saturated carbocycles. The zero-order valence-corrected chi connectivity index (χ0v) is 15.1. The zero-order chi connectivity index (χ0) is 18.3. The van der Waals surface area contributed by atoms with Crippen molar-refractivity contribution in [1.29, 1.82) is 0 Å². The number of nitrogens with zero attached hydrogens (tertiary/aromatic N) is 1. The van der Waals surface area contributed by atoms with Crippen LogP contribution in [0.2, 0.25) is 0 Å². The molecule has 1 unspecified atom stereocenters. The van der Waals surface area contributed by atoms with E-state index >= 15 is 0 Å². The molecule has 1 fully saturated rings. The highest BCUT2D eigenvalue weighted by Crippen LogP contribution is 2.28. The minimum absolute atomic E-state index is 0.00750. The molecule has 7 heteroatoms. The van der Waals surface area contributed by atoms with E-state index < -0.39 is 17.5 Å². The Morgan fingerprint density at radius 3 is 2.29 bits per heavy atom. The molecule has 0 aromatic heterocycles. The van der Waals surface area contributed by atoms with Crippen molar-refractivity contribution in [2.24, 2.45) is 11.8 Å². The predicted octanol–water partition coefficient (Wildman–Crippen LogP) is 2.25. The zero-order valence-electron chi connectivity index (χ0n) is 15.1. The third-order valence-corrected chi connectivity index (χ3v) is 4.06. The van der Waals surface area contributed by atoms with E-state index in [-0.39, 0.29) is 24.3 Å². The lowest BCUT2D eigenvalue weighted by atomic mass is 9.82. The Morgan fingerprint density at radius 1 is 1.25 bits per heavy atom. The van der Waals surface area contributed by atoms with Gasteiger partial charge in [0.2, 0.25) is 5.91 Å². The van der Waals surface area contributed by atoms with Crippen molar-refractivity contribution < 1.29 is 24.2 Å². The van der Waals surface area contributed by atoms with E-state index in [0.717, 1.165) is 6.42 Å². The molecule has 1 rings (SSSR count). The second kappa shape index (κ2) is 8.89. The number of aliphatic carboxylic acids is 1. The number of ether oxygens (including phenoxy) is 1. The molecule has 7 nitrogen and oxygen atoms in total. The minimum Gasteiger partial charge on any atom is -0.481 e. The van der Waals surface area contributed by atoms with Crippen LogP contribution in [0, 0.1) is 11.8 Å². The molecule has 24 heavy (non-hydrogen) atoms. The van der Waals surface area contributed by atoms with Gasteiger partial charge in [-0.15, -0.1) is 0 Å². The van der Waals surface area contributed by atoms with Crippen LogP contribution >= 0.6 is 0 Å². The summed E-state index contributed by atoms with van der Waals surface area (Å²) in [4.78, 5) is 37.0. The number of amides is 2. The third kappa shape index (κ3) is 6.76. The van der Waals surface area contributed by atoms with E-state index in [4.69, 9.17) is 4.74 Å². The van der Waals surface area contributed by atoms with Gasteiger partial charge < -0.3 is 20.1 Å². The van der Waals surface area contributed by atoms with Crippen molar-refractivity contribution in [3.05, 3.63) is 0 Å². The number of carboxylic acid groups (broad SMARTS) is 1. The largest absolute Gasteiger partial charge is 0.481 e. The summed E-state index contributed by atoms with van der Waals surface area (Å²) in [6.07, 6.45) is 1.58. The van der Waals surface area contributed by atoms with Crippen LogP contribution in [-0.2, 0) is 14.3 Å². The van der Waals surface area contributed by atoms with Crippen LogP contribution in [0.5, 0.6) is 0 Å². The highest BCUT2D eigenvalue weighted by molar-refractivity contribution is 5.82. The number of likely N-dealkylation sites (tertiary alicyclic amines) is 1. The lowest BCUT2D eigenvalue weighted by Crippen LogP contribution is -2.44. The number of rotatable bonds is 6. The molecule has 2 amide bonds. The lowest BCUT2D eigenvalue weighted by Gasteiger charge is -2.35. The van der Waals surface area contributed by atoms with Gasteiger partial charge in [0.05, 0.1) is 5.92 Å². The maximum atomic E-state index is 12.0. The van der Waals surface area contributed by atoms with E-state index in [0.29, 0.717) is 32.5 Å². The van der Waals surface area contributed by atoms with Gasteiger partial charge >= 0.3 is 12.1 Å². The maximum absolute atomic E-state index is 12.0. The second-order valence-corrected chi connectivity index (χ2v) is 7.30. The van der Waals surface area contributed by atoms with Gasteiger partial charge in [0.1, 0.15) is 5.60 Å². The van der Waals surface area contributed by atoms with Crippen LogP contribution in [0.1, 0.15) is 53.4 Å². The fraction of sp³-hybridized carbons (Fsp3) is 0.824. The normalized spacial score (nSPS) is 17.2. The fourth-order valence-corrected chi connectivity index (χ4v) is 2.80. The number of hydrogen-bond donors (Lipinski definition) is 2. The first kappa shape index (κ1) is 20.3. The van der Waals surface area contributed by atoms with Gasteiger partial charge in [-0.25, -0.2) is 4.79 Å². The molecule has 1 atom stereocenters. The molecule has 0 aromatic carbocycles. The van der Waals surface area contributed by atoms with Gasteiger partial charge in [-0.2, -0.15) is 0 Å². The van der Waals surface area contributed by atoms with Crippen LogP contribution < -0.4 is 5.32 Å². The van der Waals surface area contributed by atoms with E-state index in [1.807, 2.05) is 27.7 Å². The van der Waals surface area contributed by atoms with E-state index in [1.54, 1.807) is 4.90 Å². The molecule has 0 radical (unpaired) electrons. The predicted molar refractivity (Wildman–Crippen MR) is 89.6 cm³/mol. The molecule has 1 aliphatic heterocycles. The highest BCUT2D eigenvalue weighted by Gasteiger charge is 2.35. The highest BCUT2D eigenvalue weighted by atomic mass is 16.6. The van der Waals surface area contributed by atoms with Crippen LogP contribution in [-0.4, -0.2) is 53.2 Å². The van der Waals surface area contributed by atoms with Crippen LogP contribution in [0.15, 0.2) is 0 Å². The van der Waals surface area contributed by atoms with Crippen molar-refractivity contribution >= 4 is 18.0 Å². The quantitative estimate of drug-likeness (QED) is 0.772. The molecule has 1 aliphatic rings. The third-order valence-electron chi connectivity index (χ3n) is 4.06. The molecule has 138 valence electrons. The molecule has 2 N–H and O–H groups in total. The monoisotopic (exact) mass is 342 g/mol. The van der Waals surface area contributed by atoms with Gasteiger partial charge in [-0.05, 0) is 46.0 Å². The summed E-state index contributed by atoms with van der Waals surface area (Å²) in [5.41, 5.74) is -0.547. The average Bonchev–Trinajstić information content (AvgIpc) is 2.48. The Labute approximate surface area is 143 Å². The number of carbonyl (C=O) groups is 3. The van der Waals surface area contributed by atoms with Crippen LogP contribution in [0.4, 0.5) is 4.79 Å². The van der Waals surface area contributed by atoms with Crippen molar-refractivity contribution in [3.63, 3.8) is 0 Å². The van der Waals surface area contributed by atoms with Crippen molar-refractivity contribution in [2.45, 2.75) is 59.0 Å². The summed E-state index contributed by atoms with van der Waals surface area (Å²) in [5.74, 6) is -1.98. The molecule has 1 heterocycles. The molecule has 0 aromatic rings. The molecule has 0 bridgehead atoms. The number of carboxylic acids is 1. The number of carbonyl (C=O) groups excluding carboxylic acids is 2. The van der Waals surface area contributed by atoms with E-state index in [1.165, 1.54) is 0 Å². The Balaban J connectivity index is 2.55. The Bertz CT molecular complexity index is 450. The average molecular weight is 342 g/mol. The van der Waals surface area contributed by atoms with Crippen LogP contribution in [0.25, 0.3) is 0 Å².